The van der Waals surface area contributed by atoms with Crippen molar-refractivity contribution in [2.75, 3.05) is 6.54 Å². The van der Waals surface area contributed by atoms with Gasteiger partial charge in [-0.3, -0.25) is 9.78 Å². The van der Waals surface area contributed by atoms with Gasteiger partial charge in [0.25, 0.3) is 0 Å². The van der Waals surface area contributed by atoms with Gasteiger partial charge in [0.1, 0.15) is 0 Å². The molecule has 0 unspecified atom stereocenters. The maximum Gasteiger partial charge on any atom is 0.233 e. The second kappa shape index (κ2) is 7.50. The molecule has 1 aromatic heterocycles. The van der Waals surface area contributed by atoms with Gasteiger partial charge in [0.15, 0.2) is 0 Å². The molecule has 1 aliphatic carbocycles. The highest BCUT2D eigenvalue weighted by Gasteiger charge is 2.41. The van der Waals surface area contributed by atoms with E-state index in [1.807, 2.05) is 18.3 Å². The molecule has 0 aromatic carbocycles. The number of thiocarbonyl (C=S) groups is 1. The Labute approximate surface area is 131 Å². The Morgan fingerprint density at radius 1 is 1.33 bits per heavy atom. The van der Waals surface area contributed by atoms with Crippen LogP contribution in [0, 0.1) is 5.41 Å². The lowest BCUT2D eigenvalue weighted by molar-refractivity contribution is -0.128. The van der Waals surface area contributed by atoms with Gasteiger partial charge in [0, 0.05) is 18.9 Å². The van der Waals surface area contributed by atoms with Crippen molar-refractivity contribution < 1.29 is 4.79 Å². The molecule has 114 valence electrons. The number of aromatic nitrogens is 1. The number of pyridine rings is 1. The third kappa shape index (κ3) is 4.00. The highest BCUT2D eigenvalue weighted by atomic mass is 32.1. The number of hydrogen-bond acceptors (Lipinski definition) is 3. The van der Waals surface area contributed by atoms with Gasteiger partial charge < -0.3 is 11.1 Å². The molecule has 0 spiro atoms. The van der Waals surface area contributed by atoms with Crippen LogP contribution in [-0.2, 0) is 11.2 Å². The average molecular weight is 305 g/mol. The van der Waals surface area contributed by atoms with Crippen molar-refractivity contribution in [2.45, 2.75) is 44.9 Å². The third-order valence-corrected chi connectivity index (χ3v) is 4.68. The van der Waals surface area contributed by atoms with E-state index in [0.29, 0.717) is 11.5 Å². The van der Waals surface area contributed by atoms with Crippen molar-refractivity contribution in [3.8, 4) is 0 Å². The summed E-state index contributed by atoms with van der Waals surface area (Å²) in [5.41, 5.74) is 6.39. The summed E-state index contributed by atoms with van der Waals surface area (Å²) in [6.07, 6.45) is 10.3. The first-order chi connectivity index (χ1) is 10.1. The van der Waals surface area contributed by atoms with Crippen molar-refractivity contribution in [3.05, 3.63) is 30.1 Å². The summed E-state index contributed by atoms with van der Waals surface area (Å²) in [4.78, 5) is 17.0. The molecular weight excluding hydrogens is 282 g/mol. The predicted octanol–water partition coefficient (Wildman–Crippen LogP) is 2.37. The fourth-order valence-corrected chi connectivity index (χ4v) is 3.25. The quantitative estimate of drug-likeness (QED) is 0.647. The van der Waals surface area contributed by atoms with E-state index in [0.717, 1.165) is 50.5 Å². The van der Waals surface area contributed by atoms with E-state index in [1.54, 1.807) is 6.20 Å². The molecule has 5 heteroatoms. The number of nitrogens with zero attached hydrogens (tertiary/aromatic N) is 1. The van der Waals surface area contributed by atoms with E-state index in [2.05, 4.69) is 10.3 Å². The van der Waals surface area contributed by atoms with E-state index in [4.69, 9.17) is 18.0 Å². The van der Waals surface area contributed by atoms with Gasteiger partial charge in [0.2, 0.25) is 5.91 Å². The molecule has 4 nitrogen and oxygen atoms in total. The predicted molar refractivity (Wildman–Crippen MR) is 87.9 cm³/mol. The van der Waals surface area contributed by atoms with Gasteiger partial charge in [-0.1, -0.05) is 44.0 Å². The highest BCUT2D eigenvalue weighted by Crippen LogP contribution is 2.35. The number of carbonyl (C=O) groups is 1. The van der Waals surface area contributed by atoms with Gasteiger partial charge in [0.05, 0.1) is 10.4 Å². The van der Waals surface area contributed by atoms with E-state index in [-0.39, 0.29) is 5.91 Å². The molecule has 1 fully saturated rings. The summed E-state index contributed by atoms with van der Waals surface area (Å²) in [6, 6.07) is 3.91. The number of carbonyl (C=O) groups excluding carboxylic acids is 1. The molecule has 0 saturated heterocycles. The van der Waals surface area contributed by atoms with E-state index >= 15 is 0 Å². The van der Waals surface area contributed by atoms with Crippen LogP contribution < -0.4 is 11.1 Å². The topological polar surface area (TPSA) is 68.0 Å². The molecule has 1 amide bonds. The summed E-state index contributed by atoms with van der Waals surface area (Å²) >= 11 is 5.21. The molecule has 1 heterocycles. The second-order valence-electron chi connectivity index (χ2n) is 5.73. The minimum Gasteiger partial charge on any atom is -0.392 e. The molecule has 1 aromatic rings. The molecular formula is C16H23N3OS. The largest absolute Gasteiger partial charge is 0.392 e. The Morgan fingerprint density at radius 2 is 2.05 bits per heavy atom. The summed E-state index contributed by atoms with van der Waals surface area (Å²) in [7, 11) is 0. The van der Waals surface area contributed by atoms with Gasteiger partial charge >= 0.3 is 0 Å². The fraction of sp³-hybridized carbons (Fsp3) is 0.562. The second-order valence-corrected chi connectivity index (χ2v) is 6.17. The van der Waals surface area contributed by atoms with Crippen LogP contribution in [0.5, 0.6) is 0 Å². The van der Waals surface area contributed by atoms with Gasteiger partial charge in [-0.2, -0.15) is 0 Å². The number of amides is 1. The van der Waals surface area contributed by atoms with Crippen LogP contribution in [-0.4, -0.2) is 22.4 Å². The van der Waals surface area contributed by atoms with Crippen LogP contribution in [0.25, 0.3) is 0 Å². The Kier molecular flexibility index (Phi) is 5.67. The van der Waals surface area contributed by atoms with Crippen molar-refractivity contribution in [2.24, 2.45) is 11.1 Å². The van der Waals surface area contributed by atoms with E-state index in [9.17, 15) is 4.79 Å². The smallest absolute Gasteiger partial charge is 0.233 e. The van der Waals surface area contributed by atoms with E-state index in [1.165, 1.54) is 0 Å². The van der Waals surface area contributed by atoms with Gasteiger partial charge in [-0.05, 0) is 30.9 Å². The normalized spacial score (nSPS) is 17.7. The lowest BCUT2D eigenvalue weighted by atomic mass is 9.79. The molecule has 1 saturated carbocycles. The number of hydrogen-bond donors (Lipinski definition) is 2. The maximum atomic E-state index is 12.6. The number of nitrogens with two attached hydrogens (primary N) is 1. The lowest BCUT2D eigenvalue weighted by Gasteiger charge is -2.30. The highest BCUT2D eigenvalue weighted by molar-refractivity contribution is 7.80. The lowest BCUT2D eigenvalue weighted by Crippen LogP contribution is -2.49. The minimum atomic E-state index is -0.638. The zero-order valence-electron chi connectivity index (χ0n) is 12.3. The summed E-state index contributed by atoms with van der Waals surface area (Å²) in [5.74, 6) is 0.000732. The first-order valence-corrected chi connectivity index (χ1v) is 8.03. The van der Waals surface area contributed by atoms with Crippen LogP contribution in [0.3, 0.4) is 0 Å². The zero-order chi connectivity index (χ0) is 15.1. The average Bonchev–Trinajstić information content (AvgIpc) is 2.75. The van der Waals surface area contributed by atoms with Crippen LogP contribution >= 0.6 is 12.2 Å². The van der Waals surface area contributed by atoms with Crippen LogP contribution in [0.2, 0.25) is 0 Å². The van der Waals surface area contributed by atoms with Crippen molar-refractivity contribution >= 4 is 23.1 Å². The molecule has 0 atom stereocenters. The monoisotopic (exact) mass is 305 g/mol. The fourth-order valence-electron chi connectivity index (χ4n) is 2.95. The Hall–Kier alpha value is -1.49. The SMILES string of the molecule is NC(=S)C1(C(=O)NCCc2cccnc2)CCCCCC1. The van der Waals surface area contributed by atoms with Crippen LogP contribution in [0.15, 0.2) is 24.5 Å². The Morgan fingerprint density at radius 3 is 2.62 bits per heavy atom. The molecule has 3 N–H and O–H groups in total. The first kappa shape index (κ1) is 15.9. The Bertz CT molecular complexity index is 482. The molecule has 21 heavy (non-hydrogen) atoms. The Balaban J connectivity index is 1.94. The van der Waals surface area contributed by atoms with Gasteiger partial charge in [-0.15, -0.1) is 0 Å². The summed E-state index contributed by atoms with van der Waals surface area (Å²) in [5, 5.41) is 3.02. The number of nitrogens with one attached hydrogen (secondary N) is 1. The standard InChI is InChI=1S/C16H23N3OS/c17-14(21)16(8-3-1-2-4-9-16)15(20)19-11-7-13-6-5-10-18-12-13/h5-6,10,12H,1-4,7-9,11H2,(H2,17,21)(H,19,20). The van der Waals surface area contributed by atoms with Crippen molar-refractivity contribution in [1.29, 1.82) is 0 Å². The minimum absolute atomic E-state index is 0.000732. The van der Waals surface area contributed by atoms with Crippen LogP contribution in [0.1, 0.15) is 44.1 Å². The maximum absolute atomic E-state index is 12.6. The third-order valence-electron chi connectivity index (χ3n) is 4.29. The zero-order valence-corrected chi connectivity index (χ0v) is 13.1. The first-order valence-electron chi connectivity index (χ1n) is 7.62. The van der Waals surface area contributed by atoms with Crippen LogP contribution in [0.4, 0.5) is 0 Å². The van der Waals surface area contributed by atoms with E-state index < -0.39 is 5.41 Å². The molecule has 0 radical (unpaired) electrons. The summed E-state index contributed by atoms with van der Waals surface area (Å²) in [6.45, 7) is 0.592. The van der Waals surface area contributed by atoms with Crippen molar-refractivity contribution in [3.63, 3.8) is 0 Å². The molecule has 0 bridgehead atoms. The molecule has 2 rings (SSSR count). The van der Waals surface area contributed by atoms with Crippen molar-refractivity contribution in [1.82, 2.24) is 10.3 Å². The van der Waals surface area contributed by atoms with Gasteiger partial charge in [-0.25, -0.2) is 0 Å². The molecule has 1 aliphatic rings. The number of rotatable bonds is 5. The summed E-state index contributed by atoms with van der Waals surface area (Å²) < 4.78 is 0. The molecule has 0 aliphatic heterocycles.